The molecule has 1 N–H and O–H groups in total. The average molecular weight is 427 g/mol. The molecule has 0 spiro atoms. The highest BCUT2D eigenvalue weighted by molar-refractivity contribution is 7.80. The van der Waals surface area contributed by atoms with Gasteiger partial charge in [-0.05, 0) is 75.3 Å². The number of anilines is 1. The van der Waals surface area contributed by atoms with Crippen molar-refractivity contribution in [3.63, 3.8) is 0 Å². The molecule has 0 aliphatic carbocycles. The molecule has 3 unspecified atom stereocenters. The van der Waals surface area contributed by atoms with E-state index in [2.05, 4.69) is 18.3 Å². The van der Waals surface area contributed by atoms with Gasteiger partial charge in [0.2, 0.25) is 5.72 Å². The van der Waals surface area contributed by atoms with E-state index in [1.54, 1.807) is 14.0 Å². The fourth-order valence-electron chi connectivity index (χ4n) is 4.42. The van der Waals surface area contributed by atoms with Gasteiger partial charge in [-0.3, -0.25) is 9.69 Å². The zero-order valence-corrected chi connectivity index (χ0v) is 18.6. The van der Waals surface area contributed by atoms with Gasteiger partial charge in [0.1, 0.15) is 17.4 Å². The Morgan fingerprint density at radius 2 is 2.07 bits per heavy atom. The van der Waals surface area contributed by atoms with Crippen molar-refractivity contribution in [3.05, 3.63) is 53.1 Å². The Morgan fingerprint density at radius 1 is 1.30 bits per heavy atom. The topological polar surface area (TPSA) is 60.0 Å². The van der Waals surface area contributed by atoms with Gasteiger partial charge in [0.05, 0.1) is 25.4 Å². The molecule has 6 nitrogen and oxygen atoms in total. The lowest BCUT2D eigenvalue weighted by Crippen LogP contribution is -2.72. The lowest BCUT2D eigenvalue weighted by Gasteiger charge is -2.55. The smallest absolute Gasteiger partial charge is 0.317 e. The summed E-state index contributed by atoms with van der Waals surface area (Å²) >= 11 is 5.78. The maximum atomic E-state index is 13.2. The molecule has 0 saturated carbocycles. The Balaban J connectivity index is 1.92. The van der Waals surface area contributed by atoms with Crippen LogP contribution in [0.5, 0.6) is 11.5 Å². The number of carbonyl (C=O) groups is 1. The van der Waals surface area contributed by atoms with Gasteiger partial charge in [-0.25, -0.2) is 0 Å². The Hall–Kier alpha value is -2.80. The molecule has 2 bridgehead atoms. The van der Waals surface area contributed by atoms with E-state index in [1.165, 1.54) is 0 Å². The van der Waals surface area contributed by atoms with Gasteiger partial charge in [-0.1, -0.05) is 12.1 Å². The number of hydrogen-bond donors (Lipinski definition) is 1. The number of thiocarbonyl (C=S) groups is 1. The molecule has 2 aliphatic heterocycles. The Kier molecular flexibility index (Phi) is 5.10. The summed E-state index contributed by atoms with van der Waals surface area (Å²) in [4.78, 5) is 15.1. The summed E-state index contributed by atoms with van der Waals surface area (Å²) in [5.74, 6) is 0.412. The molecule has 2 aliphatic rings. The first-order chi connectivity index (χ1) is 14.3. The van der Waals surface area contributed by atoms with Crippen LogP contribution in [0.1, 0.15) is 36.6 Å². The zero-order valence-electron chi connectivity index (χ0n) is 17.8. The van der Waals surface area contributed by atoms with Gasteiger partial charge in [0.25, 0.3) is 0 Å². The van der Waals surface area contributed by atoms with Crippen molar-refractivity contribution in [1.82, 2.24) is 5.32 Å². The summed E-state index contributed by atoms with van der Waals surface area (Å²) in [7, 11) is 1.61. The summed E-state index contributed by atoms with van der Waals surface area (Å²) in [5, 5.41) is 3.89. The van der Waals surface area contributed by atoms with Crippen LogP contribution in [0.25, 0.3) is 0 Å². The molecule has 2 aromatic carbocycles. The summed E-state index contributed by atoms with van der Waals surface area (Å²) in [5.41, 5.74) is 2.88. The van der Waals surface area contributed by atoms with Crippen LogP contribution in [0.4, 0.5) is 5.69 Å². The van der Waals surface area contributed by atoms with Crippen molar-refractivity contribution in [3.8, 4) is 11.5 Å². The number of nitrogens with zero attached hydrogens (tertiary/aromatic N) is 1. The molecule has 7 heteroatoms. The summed E-state index contributed by atoms with van der Waals surface area (Å²) in [6.45, 7) is 8.10. The summed E-state index contributed by atoms with van der Waals surface area (Å²) in [6, 6.07) is 11.3. The maximum absolute atomic E-state index is 13.2. The van der Waals surface area contributed by atoms with Crippen molar-refractivity contribution in [2.24, 2.45) is 5.92 Å². The number of hydrogen-bond acceptors (Lipinski definition) is 5. The minimum atomic E-state index is -1.06. The van der Waals surface area contributed by atoms with Crippen LogP contribution in [0.3, 0.4) is 0 Å². The van der Waals surface area contributed by atoms with Crippen LogP contribution in [0.2, 0.25) is 0 Å². The second-order valence-electron chi connectivity index (χ2n) is 7.77. The van der Waals surface area contributed by atoms with Crippen LogP contribution in [0, 0.1) is 19.8 Å². The minimum Gasteiger partial charge on any atom is -0.497 e. The number of nitrogens with one attached hydrogen (secondary N) is 1. The second-order valence-corrected chi connectivity index (χ2v) is 8.16. The van der Waals surface area contributed by atoms with E-state index in [9.17, 15) is 4.79 Å². The number of rotatable bonds is 4. The third kappa shape index (κ3) is 2.99. The first kappa shape index (κ1) is 20.5. The molecular formula is C23H26N2O4S. The van der Waals surface area contributed by atoms with E-state index in [1.807, 2.05) is 49.1 Å². The molecule has 1 saturated heterocycles. The van der Waals surface area contributed by atoms with Crippen LogP contribution < -0.4 is 19.7 Å². The van der Waals surface area contributed by atoms with Crippen molar-refractivity contribution in [2.75, 3.05) is 18.6 Å². The highest BCUT2D eigenvalue weighted by atomic mass is 32.1. The molecule has 3 atom stereocenters. The number of methoxy groups -OCH3 is 1. The van der Waals surface area contributed by atoms with Crippen molar-refractivity contribution >= 4 is 29.0 Å². The second kappa shape index (κ2) is 7.47. The van der Waals surface area contributed by atoms with E-state index in [0.29, 0.717) is 16.6 Å². The number of carbonyl (C=O) groups excluding carboxylic acids is 1. The van der Waals surface area contributed by atoms with Gasteiger partial charge in [-0.15, -0.1) is 0 Å². The summed E-state index contributed by atoms with van der Waals surface area (Å²) in [6.07, 6.45) is 0. The summed E-state index contributed by atoms with van der Waals surface area (Å²) < 4.78 is 17.4. The third-order valence-electron chi connectivity index (χ3n) is 6.06. The molecule has 2 heterocycles. The van der Waals surface area contributed by atoms with Gasteiger partial charge in [0, 0.05) is 5.56 Å². The van der Waals surface area contributed by atoms with E-state index in [4.69, 9.17) is 26.4 Å². The Labute approximate surface area is 182 Å². The highest BCUT2D eigenvalue weighted by Gasteiger charge is 2.60. The fraction of sp³-hybridized carbons (Fsp3) is 0.391. The van der Waals surface area contributed by atoms with Gasteiger partial charge >= 0.3 is 5.97 Å². The molecule has 2 aromatic rings. The number of benzene rings is 2. The van der Waals surface area contributed by atoms with Crippen LogP contribution in [-0.2, 0) is 9.53 Å². The normalized spacial score (nSPS) is 24.4. The first-order valence-corrected chi connectivity index (χ1v) is 10.4. The Bertz CT molecular complexity index is 1020. The molecule has 0 amide bonds. The number of esters is 1. The molecule has 30 heavy (non-hydrogen) atoms. The van der Waals surface area contributed by atoms with Crippen LogP contribution >= 0.6 is 12.2 Å². The quantitative estimate of drug-likeness (QED) is 0.585. The lowest BCUT2D eigenvalue weighted by atomic mass is 9.79. The monoisotopic (exact) mass is 426 g/mol. The van der Waals surface area contributed by atoms with Crippen molar-refractivity contribution in [2.45, 2.75) is 39.5 Å². The average Bonchev–Trinajstić information content (AvgIpc) is 2.70. The van der Waals surface area contributed by atoms with Crippen LogP contribution in [-0.4, -0.2) is 30.5 Å². The van der Waals surface area contributed by atoms with Crippen molar-refractivity contribution < 1.29 is 19.0 Å². The van der Waals surface area contributed by atoms with E-state index in [-0.39, 0.29) is 18.6 Å². The van der Waals surface area contributed by atoms with Gasteiger partial charge < -0.3 is 19.5 Å². The third-order valence-corrected chi connectivity index (χ3v) is 6.36. The Morgan fingerprint density at radius 3 is 2.77 bits per heavy atom. The highest BCUT2D eigenvalue weighted by Crippen LogP contribution is 2.51. The number of aryl methyl sites for hydroxylation is 1. The van der Waals surface area contributed by atoms with Crippen LogP contribution in [0.15, 0.2) is 36.4 Å². The predicted molar refractivity (Wildman–Crippen MR) is 119 cm³/mol. The molecular weight excluding hydrogens is 400 g/mol. The molecule has 0 radical (unpaired) electrons. The maximum Gasteiger partial charge on any atom is 0.317 e. The molecule has 0 aromatic heterocycles. The number of fused-ring (bicyclic) bond motifs is 4. The van der Waals surface area contributed by atoms with Crippen molar-refractivity contribution in [1.29, 1.82) is 0 Å². The largest absolute Gasteiger partial charge is 0.497 e. The van der Waals surface area contributed by atoms with E-state index >= 15 is 0 Å². The lowest BCUT2D eigenvalue weighted by molar-refractivity contribution is -0.159. The minimum absolute atomic E-state index is 0.289. The zero-order chi connectivity index (χ0) is 21.6. The predicted octanol–water partition coefficient (Wildman–Crippen LogP) is 4.04. The van der Waals surface area contributed by atoms with E-state index < -0.39 is 11.6 Å². The van der Waals surface area contributed by atoms with Gasteiger partial charge in [0.15, 0.2) is 5.11 Å². The molecule has 1 fully saturated rings. The molecule has 158 valence electrons. The van der Waals surface area contributed by atoms with E-state index in [0.717, 1.165) is 22.4 Å². The SMILES string of the molecule is CCOC(=O)C1C2NC(=S)N(c3cccc(C)c3C)C1(C)Oc1ccc(OC)cc12. The number of ether oxygens (including phenoxy) is 3. The fourth-order valence-corrected chi connectivity index (χ4v) is 4.83. The standard InChI is InChI=1S/C23H26N2O4S/c1-6-28-21(26)19-20-16-12-15(27-5)10-11-18(16)29-23(19,4)25(22(30)24-20)17-9-7-8-13(2)14(17)3/h7-12,19-20H,6H2,1-5H3,(H,24,30). The molecule has 4 rings (SSSR count). The van der Waals surface area contributed by atoms with Gasteiger partial charge in [-0.2, -0.15) is 0 Å². The first-order valence-electron chi connectivity index (χ1n) is 10.0.